The van der Waals surface area contributed by atoms with Gasteiger partial charge < -0.3 is 21.3 Å². The van der Waals surface area contributed by atoms with Gasteiger partial charge in [0.05, 0.1) is 6.61 Å². The molecule has 0 aliphatic heterocycles. The first-order valence-corrected chi connectivity index (χ1v) is 4.92. The largest absolute Gasteiger partial charge is 0.463 e. The lowest BCUT2D eigenvalue weighted by Crippen LogP contribution is -2.38. The molecule has 0 aromatic carbocycles. The van der Waals surface area contributed by atoms with Gasteiger partial charge in [-0.25, -0.2) is 0 Å². The minimum atomic E-state index is -0.942. The van der Waals surface area contributed by atoms with E-state index in [2.05, 4.69) is 0 Å². The number of aliphatic hydroxyl groups excluding tert-OH is 1. The van der Waals surface area contributed by atoms with Gasteiger partial charge in [0.1, 0.15) is 12.6 Å². The minimum Gasteiger partial charge on any atom is -0.463 e. The van der Waals surface area contributed by atoms with Gasteiger partial charge in [-0.2, -0.15) is 0 Å². The number of carbonyl (C=O) groups is 1. The molecule has 0 amide bonds. The van der Waals surface area contributed by atoms with Crippen LogP contribution in [-0.2, 0) is 9.53 Å². The molecule has 1 fully saturated rings. The molecule has 1 rings (SSSR count). The Morgan fingerprint density at radius 2 is 2.14 bits per heavy atom. The van der Waals surface area contributed by atoms with E-state index in [4.69, 9.17) is 21.3 Å². The van der Waals surface area contributed by atoms with Crippen LogP contribution in [0.4, 0.5) is 0 Å². The lowest BCUT2D eigenvalue weighted by atomic mass is 10.1. The molecule has 5 heteroatoms. The highest BCUT2D eigenvalue weighted by atomic mass is 16.5. The van der Waals surface area contributed by atoms with Crippen LogP contribution >= 0.6 is 0 Å². The molecule has 2 atom stereocenters. The van der Waals surface area contributed by atoms with E-state index in [1.165, 1.54) is 12.8 Å². The average Bonchev–Trinajstić information content (AvgIpc) is 2.96. The van der Waals surface area contributed by atoms with Crippen molar-refractivity contribution >= 4 is 5.97 Å². The van der Waals surface area contributed by atoms with Crippen LogP contribution in [0.1, 0.15) is 19.3 Å². The van der Waals surface area contributed by atoms with Crippen molar-refractivity contribution in [3.05, 3.63) is 0 Å². The van der Waals surface area contributed by atoms with E-state index in [0.717, 1.165) is 12.3 Å². The summed E-state index contributed by atoms with van der Waals surface area (Å²) >= 11 is 0. The monoisotopic (exact) mass is 202 g/mol. The number of ether oxygens (including phenoxy) is 1. The zero-order valence-electron chi connectivity index (χ0n) is 8.19. The maximum atomic E-state index is 11.0. The summed E-state index contributed by atoms with van der Waals surface area (Å²) in [5.41, 5.74) is 11.0. The Hall–Kier alpha value is -0.650. The Labute approximate surface area is 83.4 Å². The topological polar surface area (TPSA) is 98.6 Å². The zero-order chi connectivity index (χ0) is 10.6. The molecule has 0 spiro atoms. The fourth-order valence-corrected chi connectivity index (χ4v) is 1.22. The van der Waals surface area contributed by atoms with Gasteiger partial charge in [-0.15, -0.1) is 0 Å². The molecular weight excluding hydrogens is 184 g/mol. The first kappa shape index (κ1) is 11.4. The van der Waals surface area contributed by atoms with E-state index in [1.54, 1.807) is 0 Å². The van der Waals surface area contributed by atoms with Crippen LogP contribution in [-0.4, -0.2) is 36.4 Å². The lowest BCUT2D eigenvalue weighted by Gasteiger charge is -2.13. The third-order valence-corrected chi connectivity index (χ3v) is 2.27. The maximum absolute atomic E-state index is 11.0. The van der Waals surface area contributed by atoms with Gasteiger partial charge in [0.25, 0.3) is 0 Å². The molecule has 0 saturated heterocycles. The number of hydrogen-bond donors (Lipinski definition) is 3. The Morgan fingerprint density at radius 3 is 2.64 bits per heavy atom. The van der Waals surface area contributed by atoms with Crippen molar-refractivity contribution in [2.24, 2.45) is 17.4 Å². The molecule has 1 saturated carbocycles. The van der Waals surface area contributed by atoms with Gasteiger partial charge >= 0.3 is 5.97 Å². The summed E-state index contributed by atoms with van der Waals surface area (Å²) in [6.45, 7) is -0.195. The van der Waals surface area contributed by atoms with Crippen molar-refractivity contribution in [2.45, 2.75) is 31.3 Å². The van der Waals surface area contributed by atoms with Crippen LogP contribution in [0.15, 0.2) is 0 Å². The number of esters is 1. The van der Waals surface area contributed by atoms with E-state index in [9.17, 15) is 4.79 Å². The van der Waals surface area contributed by atoms with Gasteiger partial charge in [0.2, 0.25) is 0 Å². The number of rotatable bonds is 6. The van der Waals surface area contributed by atoms with Crippen molar-refractivity contribution in [1.82, 2.24) is 0 Å². The second kappa shape index (κ2) is 5.29. The Morgan fingerprint density at radius 1 is 1.50 bits per heavy atom. The maximum Gasteiger partial charge on any atom is 0.325 e. The molecule has 2 unspecified atom stereocenters. The molecule has 0 radical (unpaired) electrons. The molecule has 14 heavy (non-hydrogen) atoms. The second-order valence-electron chi connectivity index (χ2n) is 3.86. The molecule has 5 N–H and O–H groups in total. The SMILES string of the molecule is NC(COC(=O)C(N)CO)CC1CC1. The number of carbonyl (C=O) groups excluding carboxylic acids is 1. The normalized spacial score (nSPS) is 20.2. The van der Waals surface area contributed by atoms with E-state index < -0.39 is 18.6 Å². The van der Waals surface area contributed by atoms with Gasteiger partial charge in [-0.05, 0) is 12.3 Å². The van der Waals surface area contributed by atoms with Crippen molar-refractivity contribution in [3.8, 4) is 0 Å². The number of hydrogen-bond acceptors (Lipinski definition) is 5. The van der Waals surface area contributed by atoms with Crippen LogP contribution in [0.2, 0.25) is 0 Å². The van der Waals surface area contributed by atoms with E-state index in [0.29, 0.717) is 0 Å². The highest BCUT2D eigenvalue weighted by molar-refractivity contribution is 5.75. The van der Waals surface area contributed by atoms with E-state index in [-0.39, 0.29) is 12.6 Å². The molecule has 0 bridgehead atoms. The predicted molar refractivity (Wildman–Crippen MR) is 51.3 cm³/mol. The molecule has 0 aromatic rings. The standard InChI is InChI=1S/C9H18N2O3/c10-7(3-6-1-2-6)5-14-9(13)8(11)4-12/h6-8,12H,1-5,10-11H2. The van der Waals surface area contributed by atoms with Crippen LogP contribution in [0.25, 0.3) is 0 Å². The van der Waals surface area contributed by atoms with Crippen molar-refractivity contribution < 1.29 is 14.6 Å². The summed E-state index contributed by atoms with van der Waals surface area (Å²) in [6.07, 6.45) is 3.37. The number of aliphatic hydroxyl groups is 1. The van der Waals surface area contributed by atoms with Gasteiger partial charge in [-0.1, -0.05) is 12.8 Å². The summed E-state index contributed by atoms with van der Waals surface area (Å²) in [6, 6.07) is -1.04. The van der Waals surface area contributed by atoms with Crippen LogP contribution in [0.5, 0.6) is 0 Å². The highest BCUT2D eigenvalue weighted by Gasteiger charge is 2.24. The summed E-state index contributed by atoms with van der Waals surface area (Å²) in [7, 11) is 0. The molecule has 1 aliphatic carbocycles. The smallest absolute Gasteiger partial charge is 0.325 e. The summed E-state index contributed by atoms with van der Waals surface area (Å²) in [5.74, 6) is 0.133. The van der Waals surface area contributed by atoms with Gasteiger partial charge in [0.15, 0.2) is 0 Å². The predicted octanol–water partition coefficient (Wildman–Crippen LogP) is -1.02. The Kier molecular flexibility index (Phi) is 4.31. The minimum absolute atomic E-state index is 0.0997. The third-order valence-electron chi connectivity index (χ3n) is 2.27. The number of nitrogens with two attached hydrogens (primary N) is 2. The highest BCUT2D eigenvalue weighted by Crippen LogP contribution is 2.33. The zero-order valence-corrected chi connectivity index (χ0v) is 8.19. The average molecular weight is 202 g/mol. The summed E-state index contributed by atoms with van der Waals surface area (Å²) < 4.78 is 4.84. The van der Waals surface area contributed by atoms with E-state index >= 15 is 0 Å². The third kappa shape index (κ3) is 4.04. The van der Waals surface area contributed by atoms with Crippen molar-refractivity contribution in [2.75, 3.05) is 13.2 Å². The fraction of sp³-hybridized carbons (Fsp3) is 0.889. The molecule has 5 nitrogen and oxygen atoms in total. The first-order chi connectivity index (χ1) is 6.63. The molecule has 0 heterocycles. The van der Waals surface area contributed by atoms with Crippen LogP contribution in [0.3, 0.4) is 0 Å². The quantitative estimate of drug-likeness (QED) is 0.479. The van der Waals surface area contributed by atoms with Crippen molar-refractivity contribution in [3.63, 3.8) is 0 Å². The summed E-state index contributed by atoms with van der Waals surface area (Å²) in [4.78, 5) is 11.0. The van der Waals surface area contributed by atoms with Crippen LogP contribution < -0.4 is 11.5 Å². The Bertz CT molecular complexity index is 194. The van der Waals surface area contributed by atoms with Crippen LogP contribution in [0, 0.1) is 5.92 Å². The van der Waals surface area contributed by atoms with Crippen molar-refractivity contribution in [1.29, 1.82) is 0 Å². The molecule has 82 valence electrons. The van der Waals surface area contributed by atoms with Gasteiger partial charge in [0, 0.05) is 6.04 Å². The molecular formula is C9H18N2O3. The second-order valence-corrected chi connectivity index (χ2v) is 3.86. The van der Waals surface area contributed by atoms with Gasteiger partial charge in [-0.3, -0.25) is 4.79 Å². The fourth-order valence-electron chi connectivity index (χ4n) is 1.22. The Balaban J connectivity index is 2.08. The molecule has 0 aromatic heterocycles. The lowest BCUT2D eigenvalue weighted by molar-refractivity contribution is -0.146. The molecule has 1 aliphatic rings. The summed E-state index contributed by atoms with van der Waals surface area (Å²) in [5, 5.41) is 8.57. The van der Waals surface area contributed by atoms with E-state index in [1.807, 2.05) is 0 Å². The first-order valence-electron chi connectivity index (χ1n) is 4.92.